The van der Waals surface area contributed by atoms with Crippen LogP contribution in [0.5, 0.6) is 0 Å². The van der Waals surface area contributed by atoms with Gasteiger partial charge in [0.25, 0.3) is 0 Å². The van der Waals surface area contributed by atoms with E-state index < -0.39 is 12.0 Å². The van der Waals surface area contributed by atoms with E-state index >= 15 is 0 Å². The molecule has 0 amide bonds. The van der Waals surface area contributed by atoms with Crippen molar-refractivity contribution in [3.63, 3.8) is 0 Å². The van der Waals surface area contributed by atoms with Crippen LogP contribution in [0.2, 0.25) is 0 Å². The minimum atomic E-state index is -0.774. The Labute approximate surface area is 110 Å². The van der Waals surface area contributed by atoms with E-state index in [4.69, 9.17) is 4.42 Å². The van der Waals surface area contributed by atoms with Gasteiger partial charge in [-0.25, -0.2) is 9.78 Å². The van der Waals surface area contributed by atoms with Gasteiger partial charge in [0.2, 0.25) is 0 Å². The Bertz CT molecular complexity index is 593. The first-order chi connectivity index (χ1) is 9.27. The zero-order valence-corrected chi connectivity index (χ0v) is 10.6. The van der Waals surface area contributed by atoms with E-state index in [2.05, 4.69) is 4.98 Å². The summed E-state index contributed by atoms with van der Waals surface area (Å²) in [6.07, 6.45) is 6.98. The van der Waals surface area contributed by atoms with Crippen molar-refractivity contribution in [2.75, 3.05) is 11.4 Å². The third-order valence-electron chi connectivity index (χ3n) is 3.67. The summed E-state index contributed by atoms with van der Waals surface area (Å²) in [6.45, 7) is 0.730. The first kappa shape index (κ1) is 12.0. The zero-order valence-electron chi connectivity index (χ0n) is 10.6. The second-order valence-corrected chi connectivity index (χ2v) is 4.86. The van der Waals surface area contributed by atoms with Gasteiger partial charge in [0, 0.05) is 12.7 Å². The average molecular weight is 260 g/mol. The summed E-state index contributed by atoms with van der Waals surface area (Å²) in [5, 5.41) is 10.3. The number of pyridine rings is 1. The van der Waals surface area contributed by atoms with Crippen LogP contribution in [0.4, 0.5) is 5.82 Å². The van der Waals surface area contributed by atoms with Gasteiger partial charge in [-0.05, 0) is 25.0 Å². The van der Waals surface area contributed by atoms with E-state index in [1.54, 1.807) is 18.5 Å². The van der Waals surface area contributed by atoms with Crippen LogP contribution in [0.1, 0.15) is 25.7 Å². The number of hydrogen-bond acceptors (Lipinski definition) is 4. The normalized spacial score (nSPS) is 20.4. The maximum absolute atomic E-state index is 11.5. The molecule has 0 aromatic carbocycles. The summed E-state index contributed by atoms with van der Waals surface area (Å²) in [6, 6.07) is 3.16. The first-order valence-electron chi connectivity index (χ1n) is 6.59. The number of aromatic nitrogens is 1. The predicted molar refractivity (Wildman–Crippen MR) is 71.2 cm³/mol. The molecular formula is C14H16N2O3. The SMILES string of the molecule is O=C(O)C1CCCCCN1c1nccc2occc12. The van der Waals surface area contributed by atoms with Crippen LogP contribution in [0.15, 0.2) is 29.0 Å². The molecule has 1 unspecified atom stereocenters. The number of aliphatic carboxylic acids is 1. The molecule has 5 heteroatoms. The van der Waals surface area contributed by atoms with E-state index in [1.807, 2.05) is 11.0 Å². The van der Waals surface area contributed by atoms with Gasteiger partial charge in [0.1, 0.15) is 17.4 Å². The summed E-state index contributed by atoms with van der Waals surface area (Å²) in [7, 11) is 0. The molecule has 1 atom stereocenters. The van der Waals surface area contributed by atoms with Gasteiger partial charge < -0.3 is 14.4 Å². The Morgan fingerprint density at radius 3 is 3.11 bits per heavy atom. The summed E-state index contributed by atoms with van der Waals surface area (Å²) in [4.78, 5) is 17.8. The number of anilines is 1. The third kappa shape index (κ3) is 2.16. The number of carbonyl (C=O) groups is 1. The molecule has 1 N–H and O–H groups in total. The summed E-state index contributed by atoms with van der Waals surface area (Å²) in [5.74, 6) is -0.0512. The fourth-order valence-electron chi connectivity index (χ4n) is 2.73. The van der Waals surface area contributed by atoms with Crippen molar-refractivity contribution in [1.29, 1.82) is 0 Å². The molecule has 0 saturated carbocycles. The van der Waals surface area contributed by atoms with E-state index in [-0.39, 0.29) is 0 Å². The number of rotatable bonds is 2. The molecule has 1 aliphatic rings. The second kappa shape index (κ2) is 4.91. The highest BCUT2D eigenvalue weighted by Gasteiger charge is 2.29. The summed E-state index contributed by atoms with van der Waals surface area (Å²) >= 11 is 0. The molecule has 1 saturated heterocycles. The molecule has 0 radical (unpaired) electrons. The first-order valence-corrected chi connectivity index (χ1v) is 6.59. The van der Waals surface area contributed by atoms with Crippen LogP contribution in [0, 0.1) is 0 Å². The van der Waals surface area contributed by atoms with Crippen molar-refractivity contribution in [3.8, 4) is 0 Å². The Balaban J connectivity index is 2.06. The third-order valence-corrected chi connectivity index (χ3v) is 3.67. The molecule has 19 heavy (non-hydrogen) atoms. The van der Waals surface area contributed by atoms with Gasteiger partial charge in [0.15, 0.2) is 0 Å². The molecule has 100 valence electrons. The minimum absolute atomic E-state index is 0.490. The van der Waals surface area contributed by atoms with E-state index in [0.717, 1.165) is 42.6 Å². The lowest BCUT2D eigenvalue weighted by atomic mass is 10.1. The maximum Gasteiger partial charge on any atom is 0.326 e. The fraction of sp³-hybridized carbons (Fsp3) is 0.429. The Kier molecular flexibility index (Phi) is 3.11. The minimum Gasteiger partial charge on any atom is -0.480 e. The van der Waals surface area contributed by atoms with Crippen molar-refractivity contribution in [3.05, 3.63) is 24.6 Å². The van der Waals surface area contributed by atoms with Gasteiger partial charge in [-0.2, -0.15) is 0 Å². The largest absolute Gasteiger partial charge is 0.480 e. The number of carboxylic acid groups (broad SMARTS) is 1. The maximum atomic E-state index is 11.5. The number of furan rings is 1. The van der Waals surface area contributed by atoms with Crippen LogP contribution < -0.4 is 4.90 Å². The molecule has 0 bridgehead atoms. The van der Waals surface area contributed by atoms with Gasteiger partial charge >= 0.3 is 5.97 Å². The quantitative estimate of drug-likeness (QED) is 0.899. The number of carboxylic acids is 1. The smallest absolute Gasteiger partial charge is 0.326 e. The zero-order chi connectivity index (χ0) is 13.2. The van der Waals surface area contributed by atoms with E-state index in [9.17, 15) is 9.90 Å². The lowest BCUT2D eigenvalue weighted by molar-refractivity contribution is -0.138. The standard InChI is InChI=1S/C14H16N2O3/c17-14(18)11-4-2-1-3-8-16(11)13-10-6-9-19-12(10)5-7-15-13/h5-7,9,11H,1-4,8H2,(H,17,18). The monoisotopic (exact) mass is 260 g/mol. The lowest BCUT2D eigenvalue weighted by Crippen LogP contribution is -2.41. The van der Waals surface area contributed by atoms with Gasteiger partial charge in [-0.3, -0.25) is 0 Å². The van der Waals surface area contributed by atoms with Crippen LogP contribution in [0.3, 0.4) is 0 Å². The molecule has 3 heterocycles. The average Bonchev–Trinajstić information content (AvgIpc) is 2.74. The van der Waals surface area contributed by atoms with Crippen LogP contribution in [-0.4, -0.2) is 28.6 Å². The fourth-order valence-corrected chi connectivity index (χ4v) is 2.73. The van der Waals surface area contributed by atoms with Gasteiger partial charge in [-0.1, -0.05) is 12.8 Å². The molecule has 3 rings (SSSR count). The van der Waals surface area contributed by atoms with Crippen molar-refractivity contribution >= 4 is 22.8 Å². The van der Waals surface area contributed by atoms with E-state index in [0.29, 0.717) is 6.42 Å². The molecule has 1 aliphatic heterocycles. The molecule has 2 aromatic heterocycles. The van der Waals surface area contributed by atoms with Crippen molar-refractivity contribution in [2.24, 2.45) is 0 Å². The molecule has 1 fully saturated rings. The number of fused-ring (bicyclic) bond motifs is 1. The Morgan fingerprint density at radius 2 is 2.26 bits per heavy atom. The Hall–Kier alpha value is -2.04. The second-order valence-electron chi connectivity index (χ2n) is 4.86. The summed E-state index contributed by atoms with van der Waals surface area (Å²) in [5.41, 5.74) is 0.749. The van der Waals surface area contributed by atoms with Gasteiger partial charge in [-0.15, -0.1) is 0 Å². The highest BCUT2D eigenvalue weighted by atomic mass is 16.4. The summed E-state index contributed by atoms with van der Waals surface area (Å²) < 4.78 is 5.36. The highest BCUT2D eigenvalue weighted by molar-refractivity contribution is 5.90. The van der Waals surface area contributed by atoms with Crippen molar-refractivity contribution in [2.45, 2.75) is 31.7 Å². The van der Waals surface area contributed by atoms with Crippen LogP contribution in [0.25, 0.3) is 11.0 Å². The molecule has 0 spiro atoms. The molecular weight excluding hydrogens is 244 g/mol. The number of hydrogen-bond donors (Lipinski definition) is 1. The molecule has 2 aromatic rings. The van der Waals surface area contributed by atoms with Crippen LogP contribution >= 0.6 is 0 Å². The van der Waals surface area contributed by atoms with Crippen molar-refractivity contribution < 1.29 is 14.3 Å². The number of nitrogens with zero attached hydrogens (tertiary/aromatic N) is 2. The predicted octanol–water partition coefficient (Wildman–Crippen LogP) is 2.66. The molecule has 0 aliphatic carbocycles. The Morgan fingerprint density at radius 1 is 1.37 bits per heavy atom. The van der Waals surface area contributed by atoms with E-state index in [1.165, 1.54) is 0 Å². The lowest BCUT2D eigenvalue weighted by Gasteiger charge is -2.28. The van der Waals surface area contributed by atoms with Crippen LogP contribution in [-0.2, 0) is 4.79 Å². The topological polar surface area (TPSA) is 66.6 Å². The van der Waals surface area contributed by atoms with Crippen molar-refractivity contribution in [1.82, 2.24) is 4.98 Å². The highest BCUT2D eigenvalue weighted by Crippen LogP contribution is 2.29. The van der Waals surface area contributed by atoms with Gasteiger partial charge in [0.05, 0.1) is 11.6 Å². The molecule has 5 nitrogen and oxygen atoms in total.